The highest BCUT2D eigenvalue weighted by Crippen LogP contribution is 2.42. The van der Waals surface area contributed by atoms with Gasteiger partial charge < -0.3 is 9.29 Å². The molecule has 1 N–H and O–H groups in total. The molecule has 0 saturated heterocycles. The number of aromatic carboxylic acids is 1. The Hall–Kier alpha value is -3.21. The minimum atomic E-state index is -5.83. The maximum atomic E-state index is 12.8. The second-order valence-corrected chi connectivity index (χ2v) is 8.96. The second kappa shape index (κ2) is 7.80. The maximum absolute atomic E-state index is 12.8. The first kappa shape index (κ1) is 22.5. The maximum Gasteiger partial charge on any atom is 0.534 e. The quantitative estimate of drug-likeness (QED) is 0.355. The number of hydrogen-bond acceptors (Lipinski definition) is 6. The lowest BCUT2D eigenvalue weighted by molar-refractivity contribution is -0.0509. The highest BCUT2D eigenvalue weighted by Gasteiger charge is 2.49. The van der Waals surface area contributed by atoms with Crippen LogP contribution in [0.5, 0.6) is 0 Å². The van der Waals surface area contributed by atoms with Gasteiger partial charge in [0.15, 0.2) is 0 Å². The van der Waals surface area contributed by atoms with Crippen molar-refractivity contribution in [2.24, 2.45) is 10.2 Å². The summed E-state index contributed by atoms with van der Waals surface area (Å²) in [6.45, 7) is 3.73. The van der Waals surface area contributed by atoms with Crippen LogP contribution in [0.1, 0.15) is 41.8 Å². The third kappa shape index (κ3) is 4.76. The van der Waals surface area contributed by atoms with E-state index in [1.165, 1.54) is 36.4 Å². The van der Waals surface area contributed by atoms with Crippen LogP contribution in [0.3, 0.4) is 0 Å². The van der Waals surface area contributed by atoms with E-state index in [0.717, 1.165) is 0 Å². The summed E-state index contributed by atoms with van der Waals surface area (Å²) in [6.07, 6.45) is 1.58. The molecule has 2 aromatic carbocycles. The number of azo groups is 1. The van der Waals surface area contributed by atoms with Crippen LogP contribution >= 0.6 is 0 Å². The number of halogens is 3. The van der Waals surface area contributed by atoms with Crippen LogP contribution in [0.2, 0.25) is 0 Å². The molecule has 164 valence electrons. The number of rotatable bonds is 5. The first-order chi connectivity index (χ1) is 14.3. The van der Waals surface area contributed by atoms with Crippen molar-refractivity contribution in [3.63, 3.8) is 0 Å². The van der Waals surface area contributed by atoms with Gasteiger partial charge in [0, 0.05) is 5.56 Å². The Morgan fingerprint density at radius 1 is 1.06 bits per heavy atom. The number of alkyl halides is 3. The fraction of sp³-hybridized carbons (Fsp3) is 0.250. The van der Waals surface area contributed by atoms with Crippen LogP contribution in [-0.2, 0) is 19.7 Å². The average Bonchev–Trinajstić information content (AvgIpc) is 2.68. The molecule has 3 rings (SSSR count). The standard InChI is InChI=1S/C20H17F3N2O5S/c1-19(2)10-9-17(30-31(28,29)20(21,22)23)15-11-14(7-8-16(15)19)25-24-13-5-3-12(4-6-13)18(26)27/h3-9,11H,10H2,1-2H3,(H,26,27). The normalized spacial score (nSPS) is 16.0. The van der Waals surface area contributed by atoms with E-state index in [1.807, 2.05) is 13.8 Å². The summed E-state index contributed by atoms with van der Waals surface area (Å²) in [4.78, 5) is 10.9. The molecule has 1 aliphatic carbocycles. The molecule has 0 aliphatic heterocycles. The van der Waals surface area contributed by atoms with Crippen LogP contribution in [-0.4, -0.2) is 25.0 Å². The SMILES string of the molecule is CC1(C)CC=C(OS(=O)(=O)C(F)(F)F)c2cc(N=Nc3ccc(C(=O)O)cc3)ccc21. The summed E-state index contributed by atoms with van der Waals surface area (Å²) in [6, 6.07) is 10.2. The number of nitrogens with zero attached hydrogens (tertiary/aromatic N) is 2. The Kier molecular flexibility index (Phi) is 5.66. The Balaban J connectivity index is 1.95. The van der Waals surface area contributed by atoms with Gasteiger partial charge in [-0.15, -0.1) is 0 Å². The largest absolute Gasteiger partial charge is 0.534 e. The summed E-state index contributed by atoms with van der Waals surface area (Å²) >= 11 is 0. The number of hydrogen-bond donors (Lipinski definition) is 1. The molecular formula is C20H17F3N2O5S. The van der Waals surface area contributed by atoms with Crippen molar-refractivity contribution in [1.82, 2.24) is 0 Å². The molecule has 0 atom stereocenters. The third-order valence-electron chi connectivity index (χ3n) is 4.67. The van der Waals surface area contributed by atoms with Crippen molar-refractivity contribution in [3.05, 3.63) is 65.2 Å². The van der Waals surface area contributed by atoms with Crippen LogP contribution in [0.15, 0.2) is 58.8 Å². The molecule has 0 spiro atoms. The van der Waals surface area contributed by atoms with Crippen LogP contribution in [0.4, 0.5) is 24.5 Å². The highest BCUT2D eigenvalue weighted by molar-refractivity contribution is 7.87. The third-order valence-corrected chi connectivity index (χ3v) is 5.64. The fourth-order valence-electron chi connectivity index (χ4n) is 2.99. The van der Waals surface area contributed by atoms with E-state index >= 15 is 0 Å². The molecule has 0 fully saturated rings. The van der Waals surface area contributed by atoms with E-state index in [-0.39, 0.29) is 23.2 Å². The van der Waals surface area contributed by atoms with Gasteiger partial charge >= 0.3 is 21.6 Å². The zero-order valence-electron chi connectivity index (χ0n) is 16.3. The molecule has 31 heavy (non-hydrogen) atoms. The lowest BCUT2D eigenvalue weighted by atomic mass is 9.75. The topological polar surface area (TPSA) is 105 Å². The molecule has 0 unspecified atom stereocenters. The molecule has 11 heteroatoms. The van der Waals surface area contributed by atoms with Crippen molar-refractivity contribution in [2.75, 3.05) is 0 Å². The number of carboxylic acid groups (broad SMARTS) is 1. The van der Waals surface area contributed by atoms with E-state index in [9.17, 15) is 26.4 Å². The average molecular weight is 454 g/mol. The summed E-state index contributed by atoms with van der Waals surface area (Å²) in [7, 11) is -5.83. The Morgan fingerprint density at radius 2 is 1.65 bits per heavy atom. The molecule has 1 aliphatic rings. The Morgan fingerprint density at radius 3 is 2.23 bits per heavy atom. The number of benzene rings is 2. The van der Waals surface area contributed by atoms with Crippen LogP contribution < -0.4 is 0 Å². The van der Waals surface area contributed by atoms with E-state index in [0.29, 0.717) is 11.3 Å². The highest BCUT2D eigenvalue weighted by atomic mass is 32.2. The van der Waals surface area contributed by atoms with Gasteiger partial charge in [0.1, 0.15) is 5.76 Å². The van der Waals surface area contributed by atoms with E-state index in [4.69, 9.17) is 5.11 Å². The summed E-state index contributed by atoms with van der Waals surface area (Å²) < 4.78 is 65.7. The molecule has 2 aromatic rings. The zero-order chi connectivity index (χ0) is 23.0. The smallest absolute Gasteiger partial charge is 0.478 e. The van der Waals surface area contributed by atoms with Gasteiger partial charge in [0.25, 0.3) is 0 Å². The number of carboxylic acids is 1. The van der Waals surface area contributed by atoms with Crippen molar-refractivity contribution in [3.8, 4) is 0 Å². The van der Waals surface area contributed by atoms with Gasteiger partial charge in [0.05, 0.1) is 16.9 Å². The van der Waals surface area contributed by atoms with Crippen molar-refractivity contribution >= 4 is 33.2 Å². The molecule has 0 amide bonds. The monoisotopic (exact) mass is 454 g/mol. The van der Waals surface area contributed by atoms with Gasteiger partial charge in [-0.2, -0.15) is 31.8 Å². The van der Waals surface area contributed by atoms with Crippen LogP contribution in [0, 0.1) is 0 Å². The van der Waals surface area contributed by atoms with Crippen molar-refractivity contribution < 1.29 is 35.7 Å². The van der Waals surface area contributed by atoms with Crippen LogP contribution in [0.25, 0.3) is 5.76 Å². The van der Waals surface area contributed by atoms with Gasteiger partial charge in [0.2, 0.25) is 0 Å². The predicted molar refractivity (Wildman–Crippen MR) is 106 cm³/mol. The Labute approximate surface area is 176 Å². The minimum absolute atomic E-state index is 0.0766. The summed E-state index contributed by atoms with van der Waals surface area (Å²) in [5.74, 6) is -1.51. The lowest BCUT2D eigenvalue weighted by Gasteiger charge is -2.31. The van der Waals surface area contributed by atoms with E-state index in [2.05, 4.69) is 14.4 Å². The molecule has 0 bridgehead atoms. The lowest BCUT2D eigenvalue weighted by Crippen LogP contribution is -2.27. The minimum Gasteiger partial charge on any atom is -0.478 e. The summed E-state index contributed by atoms with van der Waals surface area (Å²) in [5, 5.41) is 16.9. The second-order valence-electron chi connectivity index (χ2n) is 7.42. The van der Waals surface area contributed by atoms with Gasteiger partial charge in [-0.05, 0) is 59.9 Å². The predicted octanol–water partition coefficient (Wildman–Crippen LogP) is 5.69. The zero-order valence-corrected chi connectivity index (χ0v) is 17.2. The van der Waals surface area contributed by atoms with Gasteiger partial charge in [-0.25, -0.2) is 4.79 Å². The first-order valence-electron chi connectivity index (χ1n) is 8.91. The Bertz CT molecular complexity index is 1180. The molecular weight excluding hydrogens is 437 g/mol. The van der Waals surface area contributed by atoms with E-state index in [1.54, 1.807) is 12.1 Å². The number of allylic oxidation sites excluding steroid dienone is 1. The molecule has 0 heterocycles. The van der Waals surface area contributed by atoms with Gasteiger partial charge in [-0.3, -0.25) is 0 Å². The number of fused-ring (bicyclic) bond motifs is 1. The summed E-state index contributed by atoms with van der Waals surface area (Å²) in [5.41, 5.74) is -4.57. The number of carbonyl (C=O) groups is 1. The molecule has 0 aromatic heterocycles. The van der Waals surface area contributed by atoms with Crippen molar-refractivity contribution in [2.45, 2.75) is 31.2 Å². The molecule has 0 saturated carbocycles. The molecule has 7 nitrogen and oxygen atoms in total. The van der Waals surface area contributed by atoms with E-state index < -0.39 is 32.8 Å². The fourth-order valence-corrected chi connectivity index (χ4v) is 3.48. The van der Waals surface area contributed by atoms with Gasteiger partial charge in [-0.1, -0.05) is 19.9 Å². The van der Waals surface area contributed by atoms with Crippen molar-refractivity contribution in [1.29, 1.82) is 0 Å². The first-order valence-corrected chi connectivity index (χ1v) is 10.3. The molecule has 0 radical (unpaired) electrons.